The molecule has 0 spiro atoms. The number of hydrogen-bond donors (Lipinski definition) is 4. The van der Waals surface area contributed by atoms with Gasteiger partial charge in [0.2, 0.25) is 5.91 Å². The van der Waals surface area contributed by atoms with E-state index in [1.54, 1.807) is 19.6 Å². The van der Waals surface area contributed by atoms with Crippen LogP contribution in [0.25, 0.3) is 0 Å². The fraction of sp³-hybridized carbons (Fsp3) is 0.682. The van der Waals surface area contributed by atoms with E-state index in [4.69, 9.17) is 4.74 Å². The van der Waals surface area contributed by atoms with Gasteiger partial charge in [0.1, 0.15) is 6.61 Å². The van der Waals surface area contributed by atoms with Gasteiger partial charge in [-0.3, -0.25) is 38.8 Å². The van der Waals surface area contributed by atoms with E-state index in [1.165, 1.54) is 6.92 Å². The molecule has 1 aliphatic heterocycles. The number of esters is 1. The normalized spacial score (nSPS) is 17.4. The molecule has 1 saturated heterocycles. The van der Waals surface area contributed by atoms with E-state index >= 15 is 0 Å². The molecule has 0 aromatic rings. The number of amides is 1. The van der Waals surface area contributed by atoms with Gasteiger partial charge >= 0.3 is 23.9 Å². The average Bonchev–Trinajstić information content (AvgIpc) is 2.77. The molecule has 204 valence electrons. The third-order valence-corrected chi connectivity index (χ3v) is 5.38. The van der Waals surface area contributed by atoms with Gasteiger partial charge in [-0.15, -0.1) is 0 Å². The molecule has 36 heavy (non-hydrogen) atoms. The maximum Gasteiger partial charge on any atom is 0.333 e. The van der Waals surface area contributed by atoms with Crippen LogP contribution in [0.5, 0.6) is 0 Å². The standard InChI is InChI=1S/C22H37N5O9/c1-17(2)22(35)36-12-3-23-18(28)13-24-4-6-25(14-19(29)30)8-10-27(16-21(33)34)11-9-26(7-5-24)15-20(31)32/h1,3-16H2,2H3,(H,23,28)(H,29,30)(H,31,32)(H,33,34). The predicted molar refractivity (Wildman–Crippen MR) is 127 cm³/mol. The van der Waals surface area contributed by atoms with Crippen LogP contribution in [0, 0.1) is 0 Å². The Morgan fingerprint density at radius 3 is 1.33 bits per heavy atom. The molecule has 0 radical (unpaired) electrons. The average molecular weight is 516 g/mol. The molecule has 1 fully saturated rings. The molecular formula is C22H37N5O9. The fourth-order valence-electron chi connectivity index (χ4n) is 3.50. The number of hydrogen-bond acceptors (Lipinski definition) is 10. The summed E-state index contributed by atoms with van der Waals surface area (Å²) in [5, 5.41) is 30.4. The monoisotopic (exact) mass is 515 g/mol. The Kier molecular flexibility index (Phi) is 14.3. The van der Waals surface area contributed by atoms with Gasteiger partial charge in [0.05, 0.1) is 32.7 Å². The highest BCUT2D eigenvalue weighted by atomic mass is 16.5. The van der Waals surface area contributed by atoms with E-state index in [2.05, 4.69) is 11.9 Å². The van der Waals surface area contributed by atoms with Gasteiger partial charge in [0.15, 0.2) is 0 Å². The van der Waals surface area contributed by atoms with Crippen LogP contribution in [-0.4, -0.2) is 156 Å². The molecule has 0 bridgehead atoms. The fourth-order valence-corrected chi connectivity index (χ4v) is 3.50. The summed E-state index contributed by atoms with van der Waals surface area (Å²) in [4.78, 5) is 64.5. The van der Waals surface area contributed by atoms with Gasteiger partial charge < -0.3 is 25.4 Å². The highest BCUT2D eigenvalue weighted by Crippen LogP contribution is 2.01. The number of nitrogens with zero attached hydrogens (tertiary/aromatic N) is 4. The summed E-state index contributed by atoms with van der Waals surface area (Å²) >= 11 is 0. The summed E-state index contributed by atoms with van der Waals surface area (Å²) in [5.74, 6) is -3.94. The minimum absolute atomic E-state index is 0.0109. The van der Waals surface area contributed by atoms with Gasteiger partial charge in [-0.1, -0.05) is 6.58 Å². The smallest absolute Gasteiger partial charge is 0.333 e. The summed E-state index contributed by atoms with van der Waals surface area (Å²) in [6.07, 6.45) is 0. The topological polar surface area (TPSA) is 180 Å². The van der Waals surface area contributed by atoms with E-state index in [9.17, 15) is 39.3 Å². The minimum atomic E-state index is -1.02. The van der Waals surface area contributed by atoms with Gasteiger partial charge in [-0.25, -0.2) is 4.79 Å². The number of carbonyl (C=O) groups excluding carboxylic acids is 2. The van der Waals surface area contributed by atoms with Crippen LogP contribution in [0.3, 0.4) is 0 Å². The molecule has 14 nitrogen and oxygen atoms in total. The predicted octanol–water partition coefficient (Wildman–Crippen LogP) is -2.30. The second kappa shape index (κ2) is 16.6. The first-order valence-electron chi connectivity index (χ1n) is 11.6. The zero-order valence-corrected chi connectivity index (χ0v) is 20.7. The van der Waals surface area contributed by atoms with Gasteiger partial charge in [0.25, 0.3) is 0 Å². The first-order valence-corrected chi connectivity index (χ1v) is 11.6. The lowest BCUT2D eigenvalue weighted by molar-refractivity contribution is -0.140. The van der Waals surface area contributed by atoms with E-state index in [1.807, 2.05) is 0 Å². The number of carboxylic acids is 3. The quantitative estimate of drug-likeness (QED) is 0.124. The number of carbonyl (C=O) groups is 5. The van der Waals surface area contributed by atoms with Crippen LogP contribution >= 0.6 is 0 Å². The summed E-state index contributed by atoms with van der Waals surface area (Å²) in [7, 11) is 0. The Bertz CT molecular complexity index is 760. The molecule has 0 aromatic heterocycles. The molecule has 4 N–H and O–H groups in total. The van der Waals surface area contributed by atoms with Gasteiger partial charge in [0, 0.05) is 57.9 Å². The zero-order chi connectivity index (χ0) is 27.1. The molecule has 0 aliphatic carbocycles. The van der Waals surface area contributed by atoms with E-state index in [-0.39, 0.29) is 50.8 Å². The van der Waals surface area contributed by atoms with Crippen LogP contribution in [0.4, 0.5) is 0 Å². The Morgan fingerprint density at radius 1 is 0.694 bits per heavy atom. The number of ether oxygens (including phenoxy) is 1. The lowest BCUT2D eigenvalue weighted by atomic mass is 10.3. The van der Waals surface area contributed by atoms with Crippen LogP contribution < -0.4 is 5.32 Å². The summed E-state index contributed by atoms with van der Waals surface area (Å²) in [5.41, 5.74) is 0.253. The van der Waals surface area contributed by atoms with Crippen molar-refractivity contribution in [1.29, 1.82) is 0 Å². The Hall–Kier alpha value is -3.07. The first-order chi connectivity index (χ1) is 17.0. The van der Waals surface area contributed by atoms with Crippen LogP contribution in [0.2, 0.25) is 0 Å². The highest BCUT2D eigenvalue weighted by Gasteiger charge is 2.21. The van der Waals surface area contributed by atoms with Crippen molar-refractivity contribution in [3.63, 3.8) is 0 Å². The van der Waals surface area contributed by atoms with Gasteiger partial charge in [-0.2, -0.15) is 0 Å². The van der Waals surface area contributed by atoms with Gasteiger partial charge in [-0.05, 0) is 6.92 Å². The van der Waals surface area contributed by atoms with Crippen molar-refractivity contribution in [2.45, 2.75) is 6.92 Å². The molecule has 1 amide bonds. The summed E-state index contributed by atoms with van der Waals surface area (Å²) < 4.78 is 4.94. The van der Waals surface area contributed by atoms with Crippen molar-refractivity contribution in [2.75, 3.05) is 91.7 Å². The molecular weight excluding hydrogens is 478 g/mol. The molecule has 0 aromatic carbocycles. The molecule has 0 atom stereocenters. The minimum Gasteiger partial charge on any atom is -0.480 e. The number of aliphatic carboxylic acids is 3. The molecule has 1 aliphatic rings. The zero-order valence-electron chi connectivity index (χ0n) is 20.7. The van der Waals surface area contributed by atoms with Crippen molar-refractivity contribution in [1.82, 2.24) is 24.9 Å². The van der Waals surface area contributed by atoms with Crippen molar-refractivity contribution >= 4 is 29.8 Å². The lowest BCUT2D eigenvalue weighted by Crippen LogP contribution is -2.50. The van der Waals surface area contributed by atoms with Crippen molar-refractivity contribution < 1.29 is 44.0 Å². The Balaban J connectivity index is 2.82. The van der Waals surface area contributed by atoms with E-state index in [0.29, 0.717) is 52.4 Å². The molecule has 14 heteroatoms. The number of rotatable bonds is 12. The third-order valence-electron chi connectivity index (χ3n) is 5.38. The van der Waals surface area contributed by atoms with E-state index < -0.39 is 23.9 Å². The largest absolute Gasteiger partial charge is 0.480 e. The lowest BCUT2D eigenvalue weighted by Gasteiger charge is -2.32. The highest BCUT2D eigenvalue weighted by molar-refractivity contribution is 5.87. The molecule has 1 rings (SSSR count). The maximum atomic E-state index is 12.4. The van der Waals surface area contributed by atoms with Crippen molar-refractivity contribution in [2.24, 2.45) is 0 Å². The molecule has 0 saturated carbocycles. The van der Waals surface area contributed by atoms with Crippen molar-refractivity contribution in [3.8, 4) is 0 Å². The second-order valence-electron chi connectivity index (χ2n) is 8.55. The Labute approximate surface area is 210 Å². The number of carboxylic acid groups (broad SMARTS) is 3. The SMILES string of the molecule is C=C(C)C(=O)OCCNC(=O)CN1CCN(CC(=O)O)CCN(CC(=O)O)CCN(CC(=O)O)CC1. The van der Waals surface area contributed by atoms with Crippen LogP contribution in [0.15, 0.2) is 12.2 Å². The van der Waals surface area contributed by atoms with Crippen LogP contribution in [0.1, 0.15) is 6.92 Å². The van der Waals surface area contributed by atoms with E-state index in [0.717, 1.165) is 0 Å². The maximum absolute atomic E-state index is 12.4. The summed E-state index contributed by atoms with van der Waals surface area (Å²) in [6, 6.07) is 0. The van der Waals surface area contributed by atoms with Crippen LogP contribution in [-0.2, 0) is 28.7 Å². The number of nitrogens with one attached hydrogen (secondary N) is 1. The Morgan fingerprint density at radius 2 is 1.03 bits per heavy atom. The second-order valence-corrected chi connectivity index (χ2v) is 8.55. The third kappa shape index (κ3) is 14.4. The van der Waals surface area contributed by atoms with Crippen molar-refractivity contribution in [3.05, 3.63) is 12.2 Å². The summed E-state index contributed by atoms with van der Waals surface area (Å²) in [6.45, 7) is 6.86. The first kappa shape index (κ1) is 31.0. The molecule has 0 unspecified atom stereocenters. The molecule has 1 heterocycles.